The van der Waals surface area contributed by atoms with E-state index in [4.69, 9.17) is 15.8 Å². The fourth-order valence-electron chi connectivity index (χ4n) is 3.85. The monoisotopic (exact) mass is 389 g/mol. The van der Waals surface area contributed by atoms with Crippen molar-refractivity contribution in [1.29, 1.82) is 0 Å². The number of hydrogen-bond donors (Lipinski definition) is 1. The Morgan fingerprint density at radius 2 is 1.87 bits per heavy atom. The SMILES string of the molecule is N[N+]12C=CN=CC1=C(C1=CC=C1)N=C2c1ccc2ccc(-c3ccccn3)nc2c1. The van der Waals surface area contributed by atoms with E-state index >= 15 is 0 Å². The summed E-state index contributed by atoms with van der Waals surface area (Å²) in [4.78, 5) is 18.5. The van der Waals surface area contributed by atoms with E-state index in [0.29, 0.717) is 0 Å². The summed E-state index contributed by atoms with van der Waals surface area (Å²) in [6.45, 7) is 0. The standard InChI is InChI=1S/C24H17N6/c25-30-13-12-26-15-22(30)23(17-4-3-5-17)29-24(30)18-8-7-16-9-10-20(28-21(16)14-18)19-6-1-2-11-27-19/h1-15H,25H2/q+1. The third-order valence-electron chi connectivity index (χ3n) is 5.50. The molecule has 1 aromatic carbocycles. The number of allylic oxidation sites excluding steroid dienone is 4. The van der Waals surface area contributed by atoms with Gasteiger partial charge in [-0.15, -0.1) is 4.59 Å². The van der Waals surface area contributed by atoms with Gasteiger partial charge in [0.1, 0.15) is 11.9 Å². The first-order valence-electron chi connectivity index (χ1n) is 9.66. The summed E-state index contributed by atoms with van der Waals surface area (Å²) in [5.41, 5.74) is 6.25. The molecule has 6 nitrogen and oxygen atoms in total. The normalized spacial score (nSPS) is 21.5. The van der Waals surface area contributed by atoms with E-state index in [0.717, 1.165) is 50.7 Å². The second-order valence-electron chi connectivity index (χ2n) is 7.32. The van der Waals surface area contributed by atoms with Crippen molar-refractivity contribution in [2.75, 3.05) is 0 Å². The van der Waals surface area contributed by atoms with Crippen molar-refractivity contribution in [3.8, 4) is 11.4 Å². The molecular formula is C24H17N6+. The van der Waals surface area contributed by atoms with Crippen LogP contribution in [0.25, 0.3) is 22.3 Å². The van der Waals surface area contributed by atoms with E-state index in [-0.39, 0.29) is 4.59 Å². The van der Waals surface area contributed by atoms with Crippen LogP contribution >= 0.6 is 0 Å². The molecule has 0 saturated heterocycles. The Labute approximate surface area is 173 Å². The van der Waals surface area contributed by atoms with Crippen LogP contribution in [0.5, 0.6) is 0 Å². The number of benzene rings is 1. The van der Waals surface area contributed by atoms with Gasteiger partial charge >= 0.3 is 0 Å². The lowest BCUT2D eigenvalue weighted by Gasteiger charge is -2.26. The molecule has 30 heavy (non-hydrogen) atoms. The van der Waals surface area contributed by atoms with Crippen molar-refractivity contribution >= 4 is 23.0 Å². The molecule has 0 saturated carbocycles. The number of pyridine rings is 2. The average Bonchev–Trinajstić information content (AvgIpc) is 3.05. The molecule has 6 heteroatoms. The molecule has 1 atom stereocenters. The van der Waals surface area contributed by atoms with Gasteiger partial charge in [-0.3, -0.25) is 9.98 Å². The molecule has 2 aromatic heterocycles. The fourth-order valence-corrected chi connectivity index (χ4v) is 3.85. The van der Waals surface area contributed by atoms with Crippen molar-refractivity contribution in [3.05, 3.63) is 108 Å². The number of nitrogens with two attached hydrogens (primary N) is 1. The first-order valence-corrected chi connectivity index (χ1v) is 9.66. The molecule has 0 amide bonds. The number of rotatable bonds is 3. The molecule has 2 N–H and O–H groups in total. The second kappa shape index (κ2) is 6.25. The molecule has 1 unspecified atom stereocenters. The molecule has 1 aliphatic carbocycles. The van der Waals surface area contributed by atoms with Gasteiger partial charge in [-0.25, -0.2) is 4.98 Å². The third-order valence-corrected chi connectivity index (χ3v) is 5.50. The Hall–Kier alpha value is -4.00. The molecule has 6 rings (SSSR count). The van der Waals surface area contributed by atoms with Crippen molar-refractivity contribution in [3.63, 3.8) is 0 Å². The van der Waals surface area contributed by atoms with Crippen LogP contribution in [-0.4, -0.2) is 26.6 Å². The summed E-state index contributed by atoms with van der Waals surface area (Å²) in [5, 5.41) is 1.05. The van der Waals surface area contributed by atoms with E-state index in [2.05, 4.69) is 22.1 Å². The molecule has 142 valence electrons. The van der Waals surface area contributed by atoms with E-state index in [1.165, 1.54) is 0 Å². The molecule has 0 spiro atoms. The highest BCUT2D eigenvalue weighted by molar-refractivity contribution is 6.03. The Balaban J connectivity index is 1.48. The second-order valence-corrected chi connectivity index (χ2v) is 7.32. The largest absolute Gasteiger partial charge is 0.265 e. The molecule has 0 fully saturated rings. The average molecular weight is 389 g/mol. The summed E-state index contributed by atoms with van der Waals surface area (Å²) in [6, 6.07) is 16.0. The summed E-state index contributed by atoms with van der Waals surface area (Å²) < 4.78 is -0.00451. The highest BCUT2D eigenvalue weighted by Gasteiger charge is 2.44. The summed E-state index contributed by atoms with van der Waals surface area (Å²) in [7, 11) is 0. The molecule has 3 aromatic rings. The lowest BCUT2D eigenvalue weighted by Crippen LogP contribution is -2.53. The smallest absolute Gasteiger partial charge is 0.255 e. The van der Waals surface area contributed by atoms with Crippen LogP contribution in [0.3, 0.4) is 0 Å². The van der Waals surface area contributed by atoms with Crippen LogP contribution in [0.1, 0.15) is 5.56 Å². The lowest BCUT2D eigenvalue weighted by molar-refractivity contribution is -0.750. The number of hydrogen-bond acceptors (Lipinski definition) is 5. The number of amidine groups is 1. The van der Waals surface area contributed by atoms with Gasteiger partial charge < -0.3 is 0 Å². The van der Waals surface area contributed by atoms with Crippen LogP contribution in [0.4, 0.5) is 0 Å². The maximum Gasteiger partial charge on any atom is 0.265 e. The van der Waals surface area contributed by atoms with Crippen LogP contribution in [0.2, 0.25) is 0 Å². The van der Waals surface area contributed by atoms with Gasteiger partial charge in [-0.2, -0.15) is 10.8 Å². The van der Waals surface area contributed by atoms with E-state index < -0.39 is 0 Å². The van der Waals surface area contributed by atoms with E-state index in [9.17, 15) is 0 Å². The summed E-state index contributed by atoms with van der Waals surface area (Å²) >= 11 is 0. The van der Waals surface area contributed by atoms with Gasteiger partial charge in [-0.05, 0) is 30.3 Å². The number of nitrogens with zero attached hydrogens (tertiary/aromatic N) is 5. The van der Waals surface area contributed by atoms with E-state index in [1.807, 2.05) is 60.8 Å². The number of aromatic nitrogens is 2. The minimum absolute atomic E-state index is 0.00451. The lowest BCUT2D eigenvalue weighted by atomic mass is 10.0. The van der Waals surface area contributed by atoms with Gasteiger partial charge in [-0.1, -0.05) is 36.4 Å². The first kappa shape index (κ1) is 16.9. The van der Waals surface area contributed by atoms with Gasteiger partial charge in [0.25, 0.3) is 5.84 Å². The first-order chi connectivity index (χ1) is 14.7. The van der Waals surface area contributed by atoms with E-state index in [1.54, 1.807) is 18.6 Å². The molecular weight excluding hydrogens is 372 g/mol. The Morgan fingerprint density at radius 3 is 2.67 bits per heavy atom. The highest BCUT2D eigenvalue weighted by Crippen LogP contribution is 2.36. The van der Waals surface area contributed by atoms with Crippen LogP contribution in [0, 0.1) is 0 Å². The maximum atomic E-state index is 6.80. The van der Waals surface area contributed by atoms with Crippen molar-refractivity contribution in [2.45, 2.75) is 0 Å². The van der Waals surface area contributed by atoms with Crippen LogP contribution in [0.15, 0.2) is 112 Å². The minimum atomic E-state index is -0.00451. The zero-order valence-electron chi connectivity index (χ0n) is 16.0. The predicted octanol–water partition coefficient (Wildman–Crippen LogP) is 4.01. The zero-order chi connectivity index (χ0) is 20.1. The topological polar surface area (TPSA) is 76.5 Å². The predicted molar refractivity (Wildman–Crippen MR) is 118 cm³/mol. The maximum absolute atomic E-state index is 6.80. The number of aliphatic imine (C=N–C) groups is 2. The van der Waals surface area contributed by atoms with Crippen molar-refractivity contribution < 1.29 is 4.59 Å². The summed E-state index contributed by atoms with van der Waals surface area (Å²) in [5.74, 6) is 7.55. The Morgan fingerprint density at radius 1 is 0.967 bits per heavy atom. The molecule has 0 radical (unpaired) electrons. The Bertz CT molecular complexity index is 1390. The quantitative estimate of drug-likeness (QED) is 0.543. The number of fused-ring (bicyclic) bond motifs is 2. The molecule has 3 aliphatic rings. The Kier molecular flexibility index (Phi) is 3.52. The van der Waals surface area contributed by atoms with Gasteiger partial charge in [0, 0.05) is 17.2 Å². The molecule has 4 heterocycles. The van der Waals surface area contributed by atoms with Gasteiger partial charge in [0.15, 0.2) is 0 Å². The van der Waals surface area contributed by atoms with Crippen LogP contribution in [-0.2, 0) is 0 Å². The molecule has 0 bridgehead atoms. The number of quaternary nitrogens is 1. The highest BCUT2D eigenvalue weighted by atomic mass is 15.6. The zero-order valence-corrected chi connectivity index (χ0v) is 16.0. The van der Waals surface area contributed by atoms with Crippen LogP contribution < -0.4 is 5.84 Å². The third kappa shape index (κ3) is 2.45. The minimum Gasteiger partial charge on any atom is -0.255 e. The summed E-state index contributed by atoms with van der Waals surface area (Å²) in [6.07, 6.45) is 13.2. The van der Waals surface area contributed by atoms with Crippen molar-refractivity contribution in [1.82, 2.24) is 9.97 Å². The van der Waals surface area contributed by atoms with Gasteiger partial charge in [0.2, 0.25) is 5.70 Å². The fraction of sp³-hybridized carbons (Fsp3) is 0. The van der Waals surface area contributed by atoms with Gasteiger partial charge in [0.05, 0.1) is 34.9 Å². The molecule has 2 aliphatic heterocycles. The van der Waals surface area contributed by atoms with Crippen molar-refractivity contribution in [2.24, 2.45) is 15.8 Å².